The Hall–Kier alpha value is -0.440. The number of H-pyrrole nitrogens is 1. The SMILES string of the molecule is CCSCCc1[nH]ncc1C. The van der Waals surface area contributed by atoms with Crippen molar-refractivity contribution in [1.82, 2.24) is 10.2 Å². The quantitative estimate of drug-likeness (QED) is 0.700. The van der Waals surface area contributed by atoms with E-state index in [4.69, 9.17) is 0 Å². The van der Waals surface area contributed by atoms with Crippen molar-refractivity contribution in [2.45, 2.75) is 20.3 Å². The highest BCUT2D eigenvalue weighted by atomic mass is 32.2. The number of thioether (sulfide) groups is 1. The molecule has 1 heterocycles. The first kappa shape index (κ1) is 8.65. The van der Waals surface area contributed by atoms with E-state index in [1.807, 2.05) is 18.0 Å². The standard InChI is InChI=1S/C8H14N2S/c1-3-11-5-4-8-7(2)6-9-10-8/h6H,3-5H2,1-2H3,(H,9,10). The summed E-state index contributed by atoms with van der Waals surface area (Å²) in [6.07, 6.45) is 3.00. The fourth-order valence-electron chi connectivity index (χ4n) is 0.945. The zero-order valence-corrected chi connectivity index (χ0v) is 7.87. The predicted octanol–water partition coefficient (Wildman–Crippen LogP) is 2.01. The van der Waals surface area contributed by atoms with E-state index in [0.29, 0.717) is 0 Å². The van der Waals surface area contributed by atoms with Crippen LogP contribution in [0.25, 0.3) is 0 Å². The van der Waals surface area contributed by atoms with Crippen molar-refractivity contribution < 1.29 is 0 Å². The molecule has 0 saturated carbocycles. The summed E-state index contributed by atoms with van der Waals surface area (Å²) in [4.78, 5) is 0. The summed E-state index contributed by atoms with van der Waals surface area (Å²) in [5.41, 5.74) is 2.56. The molecule has 0 aliphatic heterocycles. The maximum Gasteiger partial charge on any atom is 0.0519 e. The van der Waals surface area contributed by atoms with E-state index in [1.165, 1.54) is 22.8 Å². The molecule has 1 N–H and O–H groups in total. The van der Waals surface area contributed by atoms with Gasteiger partial charge in [-0.3, -0.25) is 5.10 Å². The molecule has 1 rings (SSSR count). The summed E-state index contributed by atoms with van der Waals surface area (Å²) in [7, 11) is 0. The second kappa shape index (κ2) is 4.44. The van der Waals surface area contributed by atoms with Gasteiger partial charge in [0.15, 0.2) is 0 Å². The Morgan fingerprint density at radius 3 is 3.00 bits per heavy atom. The Morgan fingerprint density at radius 2 is 2.45 bits per heavy atom. The molecule has 0 spiro atoms. The van der Waals surface area contributed by atoms with E-state index in [9.17, 15) is 0 Å². The molecule has 0 unspecified atom stereocenters. The molecule has 0 aromatic carbocycles. The third kappa shape index (κ3) is 2.58. The first-order valence-electron chi connectivity index (χ1n) is 3.91. The van der Waals surface area contributed by atoms with Gasteiger partial charge in [-0.2, -0.15) is 16.9 Å². The summed E-state index contributed by atoms with van der Waals surface area (Å²) in [6.45, 7) is 4.28. The van der Waals surface area contributed by atoms with Crippen molar-refractivity contribution in [2.75, 3.05) is 11.5 Å². The average molecular weight is 170 g/mol. The van der Waals surface area contributed by atoms with Crippen molar-refractivity contribution >= 4 is 11.8 Å². The van der Waals surface area contributed by atoms with Crippen LogP contribution in [-0.4, -0.2) is 21.7 Å². The number of nitrogens with one attached hydrogen (secondary N) is 1. The maximum atomic E-state index is 3.97. The van der Waals surface area contributed by atoms with E-state index < -0.39 is 0 Å². The molecule has 0 radical (unpaired) electrons. The molecule has 0 amide bonds. The van der Waals surface area contributed by atoms with Gasteiger partial charge in [0.05, 0.1) is 6.20 Å². The zero-order chi connectivity index (χ0) is 8.10. The number of rotatable bonds is 4. The second-order valence-corrected chi connectivity index (χ2v) is 3.87. The van der Waals surface area contributed by atoms with Gasteiger partial charge in [0.25, 0.3) is 0 Å². The maximum absolute atomic E-state index is 3.97. The van der Waals surface area contributed by atoms with Gasteiger partial charge < -0.3 is 0 Å². The highest BCUT2D eigenvalue weighted by molar-refractivity contribution is 7.99. The van der Waals surface area contributed by atoms with Crippen LogP contribution in [-0.2, 0) is 6.42 Å². The zero-order valence-electron chi connectivity index (χ0n) is 7.05. The third-order valence-electron chi connectivity index (χ3n) is 1.63. The van der Waals surface area contributed by atoms with Crippen molar-refractivity contribution in [3.8, 4) is 0 Å². The third-order valence-corrected chi connectivity index (χ3v) is 2.54. The Bertz CT molecular complexity index is 208. The second-order valence-electron chi connectivity index (χ2n) is 2.48. The van der Waals surface area contributed by atoms with Crippen LogP contribution >= 0.6 is 11.8 Å². The van der Waals surface area contributed by atoms with Crippen LogP contribution in [0.3, 0.4) is 0 Å². The number of aromatic nitrogens is 2. The summed E-state index contributed by atoms with van der Waals surface area (Å²) in [5.74, 6) is 2.40. The van der Waals surface area contributed by atoms with Crippen molar-refractivity contribution in [3.05, 3.63) is 17.5 Å². The molecule has 11 heavy (non-hydrogen) atoms. The van der Waals surface area contributed by atoms with Gasteiger partial charge in [-0.1, -0.05) is 6.92 Å². The van der Waals surface area contributed by atoms with Gasteiger partial charge in [0.2, 0.25) is 0 Å². The average Bonchev–Trinajstić information content (AvgIpc) is 2.37. The summed E-state index contributed by atoms with van der Waals surface area (Å²) in [5, 5.41) is 6.97. The Kier molecular flexibility index (Phi) is 3.49. The summed E-state index contributed by atoms with van der Waals surface area (Å²) in [6, 6.07) is 0. The normalized spacial score (nSPS) is 10.4. The number of hydrogen-bond acceptors (Lipinski definition) is 2. The molecule has 1 aromatic heterocycles. The molecular weight excluding hydrogens is 156 g/mol. The van der Waals surface area contributed by atoms with Gasteiger partial charge in [0.1, 0.15) is 0 Å². The number of aryl methyl sites for hydroxylation is 2. The Morgan fingerprint density at radius 1 is 1.64 bits per heavy atom. The van der Waals surface area contributed by atoms with Crippen LogP contribution in [0.1, 0.15) is 18.2 Å². The summed E-state index contributed by atoms with van der Waals surface area (Å²) >= 11 is 1.97. The lowest BCUT2D eigenvalue weighted by Crippen LogP contribution is -1.91. The lowest BCUT2D eigenvalue weighted by molar-refractivity contribution is 0.975. The monoisotopic (exact) mass is 170 g/mol. The molecule has 0 atom stereocenters. The van der Waals surface area contributed by atoms with Crippen molar-refractivity contribution in [1.29, 1.82) is 0 Å². The van der Waals surface area contributed by atoms with E-state index in [0.717, 1.165) is 6.42 Å². The lowest BCUT2D eigenvalue weighted by atomic mass is 10.2. The predicted molar refractivity (Wildman–Crippen MR) is 50.0 cm³/mol. The minimum atomic E-state index is 1.12. The molecule has 0 fully saturated rings. The number of nitrogens with zero attached hydrogens (tertiary/aromatic N) is 1. The van der Waals surface area contributed by atoms with Crippen LogP contribution in [0.2, 0.25) is 0 Å². The van der Waals surface area contributed by atoms with Crippen LogP contribution in [0.4, 0.5) is 0 Å². The van der Waals surface area contributed by atoms with Gasteiger partial charge in [-0.05, 0) is 30.4 Å². The molecule has 0 aliphatic rings. The van der Waals surface area contributed by atoms with Crippen LogP contribution < -0.4 is 0 Å². The molecule has 0 bridgehead atoms. The van der Waals surface area contributed by atoms with Gasteiger partial charge >= 0.3 is 0 Å². The van der Waals surface area contributed by atoms with Gasteiger partial charge in [0, 0.05) is 5.69 Å². The Labute approximate surface area is 71.8 Å². The molecule has 1 aromatic rings. The van der Waals surface area contributed by atoms with Crippen molar-refractivity contribution in [2.24, 2.45) is 0 Å². The molecule has 62 valence electrons. The molecule has 2 nitrogen and oxygen atoms in total. The largest absolute Gasteiger partial charge is 0.282 e. The Balaban J connectivity index is 2.32. The van der Waals surface area contributed by atoms with Crippen LogP contribution in [0.15, 0.2) is 6.20 Å². The molecular formula is C8H14N2S. The lowest BCUT2D eigenvalue weighted by Gasteiger charge is -1.96. The van der Waals surface area contributed by atoms with E-state index in [-0.39, 0.29) is 0 Å². The minimum absolute atomic E-state index is 1.12. The first-order chi connectivity index (χ1) is 5.34. The first-order valence-corrected chi connectivity index (χ1v) is 5.06. The number of hydrogen-bond donors (Lipinski definition) is 1. The molecule has 0 saturated heterocycles. The number of aromatic amines is 1. The topological polar surface area (TPSA) is 28.7 Å². The minimum Gasteiger partial charge on any atom is -0.282 e. The highest BCUT2D eigenvalue weighted by Crippen LogP contribution is 2.07. The fraction of sp³-hybridized carbons (Fsp3) is 0.625. The summed E-state index contributed by atoms with van der Waals surface area (Å²) < 4.78 is 0. The highest BCUT2D eigenvalue weighted by Gasteiger charge is 1.98. The van der Waals surface area contributed by atoms with Gasteiger partial charge in [-0.15, -0.1) is 0 Å². The van der Waals surface area contributed by atoms with E-state index in [1.54, 1.807) is 0 Å². The van der Waals surface area contributed by atoms with Crippen molar-refractivity contribution in [3.63, 3.8) is 0 Å². The van der Waals surface area contributed by atoms with Crippen LogP contribution in [0.5, 0.6) is 0 Å². The fourth-order valence-corrected chi connectivity index (χ4v) is 1.58. The van der Waals surface area contributed by atoms with E-state index >= 15 is 0 Å². The molecule has 0 aliphatic carbocycles. The molecule has 3 heteroatoms. The smallest absolute Gasteiger partial charge is 0.0519 e. The van der Waals surface area contributed by atoms with Crippen LogP contribution in [0, 0.1) is 6.92 Å². The van der Waals surface area contributed by atoms with E-state index in [2.05, 4.69) is 24.0 Å². The van der Waals surface area contributed by atoms with Gasteiger partial charge in [-0.25, -0.2) is 0 Å².